The fourth-order valence-electron chi connectivity index (χ4n) is 1.83. The smallest absolute Gasteiger partial charge is 0.270 e. The molecular weight excluding hydrogens is 244 g/mol. The first-order chi connectivity index (χ1) is 8.97. The molecule has 0 aliphatic heterocycles. The first-order valence-electron chi connectivity index (χ1n) is 6.61. The second-order valence-electron chi connectivity index (χ2n) is 4.83. The van der Waals surface area contributed by atoms with Gasteiger partial charge >= 0.3 is 0 Å². The lowest BCUT2D eigenvalue weighted by molar-refractivity contribution is -0.120. The van der Waals surface area contributed by atoms with Crippen LogP contribution in [-0.4, -0.2) is 27.6 Å². The molecule has 3 N–H and O–H groups in total. The number of rotatable bonds is 7. The van der Waals surface area contributed by atoms with Crippen LogP contribution >= 0.6 is 0 Å². The molecule has 0 aromatic carbocycles. The van der Waals surface area contributed by atoms with E-state index in [2.05, 4.69) is 10.4 Å². The topological polar surface area (TPSA) is 90.0 Å². The SMILES string of the molecule is CCCC[C@@H](NC(=O)c1ccnn1C(C)C)C(N)=O. The molecule has 1 atom stereocenters. The Morgan fingerprint density at radius 2 is 2.16 bits per heavy atom. The van der Waals surface area contributed by atoms with E-state index < -0.39 is 11.9 Å². The third kappa shape index (κ3) is 4.08. The molecule has 0 saturated carbocycles. The fourth-order valence-corrected chi connectivity index (χ4v) is 1.83. The summed E-state index contributed by atoms with van der Waals surface area (Å²) in [4.78, 5) is 23.4. The third-order valence-corrected chi connectivity index (χ3v) is 2.89. The second-order valence-corrected chi connectivity index (χ2v) is 4.83. The highest BCUT2D eigenvalue weighted by atomic mass is 16.2. The number of carbonyl (C=O) groups is 2. The van der Waals surface area contributed by atoms with E-state index >= 15 is 0 Å². The van der Waals surface area contributed by atoms with Crippen molar-refractivity contribution in [2.45, 2.75) is 52.1 Å². The number of amides is 2. The first kappa shape index (κ1) is 15.2. The quantitative estimate of drug-likeness (QED) is 0.778. The zero-order valence-electron chi connectivity index (χ0n) is 11.7. The Morgan fingerprint density at radius 1 is 1.47 bits per heavy atom. The molecule has 0 saturated heterocycles. The van der Waals surface area contributed by atoms with Gasteiger partial charge in [0.25, 0.3) is 5.91 Å². The number of hydrogen-bond acceptors (Lipinski definition) is 3. The van der Waals surface area contributed by atoms with E-state index in [4.69, 9.17) is 5.73 Å². The number of carbonyl (C=O) groups excluding carboxylic acids is 2. The minimum Gasteiger partial charge on any atom is -0.368 e. The molecule has 1 rings (SSSR count). The summed E-state index contributed by atoms with van der Waals surface area (Å²) < 4.78 is 1.62. The summed E-state index contributed by atoms with van der Waals surface area (Å²) in [5, 5.41) is 6.77. The van der Waals surface area contributed by atoms with Gasteiger partial charge in [-0.15, -0.1) is 0 Å². The van der Waals surface area contributed by atoms with Gasteiger partial charge in [-0.25, -0.2) is 0 Å². The van der Waals surface area contributed by atoms with Gasteiger partial charge in [0.2, 0.25) is 5.91 Å². The highest BCUT2D eigenvalue weighted by Crippen LogP contribution is 2.09. The zero-order chi connectivity index (χ0) is 14.4. The molecule has 2 amide bonds. The van der Waals surface area contributed by atoms with Gasteiger partial charge in [0.05, 0.1) is 0 Å². The van der Waals surface area contributed by atoms with E-state index in [1.54, 1.807) is 16.9 Å². The van der Waals surface area contributed by atoms with Crippen LogP contribution in [0.4, 0.5) is 0 Å². The standard InChI is InChI=1S/C13H22N4O2/c1-4-5-6-10(12(14)18)16-13(19)11-7-8-15-17(11)9(2)3/h7-10H,4-6H2,1-3H3,(H2,14,18)(H,16,19)/t10-/m1/s1. The Kier molecular flexibility index (Phi) is 5.54. The molecule has 0 bridgehead atoms. The number of nitrogens with two attached hydrogens (primary N) is 1. The summed E-state index contributed by atoms with van der Waals surface area (Å²) in [6, 6.07) is 1.09. The lowest BCUT2D eigenvalue weighted by Gasteiger charge is -2.16. The van der Waals surface area contributed by atoms with Crippen LogP contribution < -0.4 is 11.1 Å². The van der Waals surface area contributed by atoms with Crippen LogP contribution in [0, 0.1) is 0 Å². The number of nitrogens with zero attached hydrogens (tertiary/aromatic N) is 2. The molecule has 19 heavy (non-hydrogen) atoms. The second kappa shape index (κ2) is 6.92. The summed E-state index contributed by atoms with van der Waals surface area (Å²) in [6.07, 6.45) is 3.93. The van der Waals surface area contributed by atoms with Crippen molar-refractivity contribution in [3.63, 3.8) is 0 Å². The van der Waals surface area contributed by atoms with Crippen LogP contribution in [0.1, 0.15) is 56.6 Å². The highest BCUT2D eigenvalue weighted by molar-refractivity contribution is 5.96. The molecule has 0 radical (unpaired) electrons. The molecule has 1 heterocycles. The largest absolute Gasteiger partial charge is 0.368 e. The monoisotopic (exact) mass is 266 g/mol. The maximum atomic E-state index is 12.1. The maximum absolute atomic E-state index is 12.1. The number of nitrogens with one attached hydrogen (secondary N) is 1. The van der Waals surface area contributed by atoms with Crippen LogP contribution in [0.15, 0.2) is 12.3 Å². The molecule has 0 aliphatic rings. The molecule has 0 spiro atoms. The van der Waals surface area contributed by atoms with Gasteiger partial charge in [0.15, 0.2) is 0 Å². The van der Waals surface area contributed by atoms with Gasteiger partial charge in [0.1, 0.15) is 11.7 Å². The van der Waals surface area contributed by atoms with Crippen molar-refractivity contribution < 1.29 is 9.59 Å². The van der Waals surface area contributed by atoms with Crippen molar-refractivity contribution in [1.82, 2.24) is 15.1 Å². The van der Waals surface area contributed by atoms with Gasteiger partial charge in [-0.1, -0.05) is 19.8 Å². The molecule has 1 aromatic rings. The van der Waals surface area contributed by atoms with Crippen molar-refractivity contribution in [2.24, 2.45) is 5.73 Å². The lowest BCUT2D eigenvalue weighted by atomic mass is 10.1. The van der Waals surface area contributed by atoms with Gasteiger partial charge in [-0.05, 0) is 26.3 Å². The molecule has 0 fully saturated rings. The Hall–Kier alpha value is -1.85. The van der Waals surface area contributed by atoms with Crippen LogP contribution in [-0.2, 0) is 4.79 Å². The van der Waals surface area contributed by atoms with E-state index in [0.29, 0.717) is 12.1 Å². The van der Waals surface area contributed by atoms with Crippen molar-refractivity contribution in [3.05, 3.63) is 18.0 Å². The van der Waals surface area contributed by atoms with Crippen LogP contribution in [0.3, 0.4) is 0 Å². The average Bonchev–Trinajstić information content (AvgIpc) is 2.83. The van der Waals surface area contributed by atoms with Gasteiger partial charge in [-0.2, -0.15) is 5.10 Å². The minimum absolute atomic E-state index is 0.0819. The predicted molar refractivity (Wildman–Crippen MR) is 72.6 cm³/mol. The predicted octanol–water partition coefficient (Wildman–Crippen LogP) is 1.24. The van der Waals surface area contributed by atoms with Gasteiger partial charge in [0, 0.05) is 12.2 Å². The van der Waals surface area contributed by atoms with Crippen molar-refractivity contribution in [3.8, 4) is 0 Å². The average molecular weight is 266 g/mol. The van der Waals surface area contributed by atoms with E-state index in [-0.39, 0.29) is 11.9 Å². The van der Waals surface area contributed by atoms with E-state index in [9.17, 15) is 9.59 Å². The summed E-state index contributed by atoms with van der Waals surface area (Å²) >= 11 is 0. The zero-order valence-corrected chi connectivity index (χ0v) is 11.7. The number of unbranched alkanes of at least 4 members (excludes halogenated alkanes) is 1. The molecule has 0 unspecified atom stereocenters. The minimum atomic E-state index is -0.622. The number of aromatic nitrogens is 2. The number of hydrogen-bond donors (Lipinski definition) is 2. The van der Waals surface area contributed by atoms with Crippen LogP contribution in [0.5, 0.6) is 0 Å². The van der Waals surface area contributed by atoms with Gasteiger partial charge in [-0.3, -0.25) is 14.3 Å². The van der Waals surface area contributed by atoms with Crippen LogP contribution in [0.2, 0.25) is 0 Å². The van der Waals surface area contributed by atoms with Crippen molar-refractivity contribution in [1.29, 1.82) is 0 Å². The lowest BCUT2D eigenvalue weighted by Crippen LogP contribution is -2.45. The van der Waals surface area contributed by atoms with Crippen molar-refractivity contribution >= 4 is 11.8 Å². The van der Waals surface area contributed by atoms with Crippen LogP contribution in [0.25, 0.3) is 0 Å². The molecular formula is C13H22N4O2. The molecule has 106 valence electrons. The highest BCUT2D eigenvalue weighted by Gasteiger charge is 2.21. The summed E-state index contributed by atoms with van der Waals surface area (Å²) in [6.45, 7) is 5.90. The molecule has 1 aromatic heterocycles. The Labute approximate surface area is 113 Å². The van der Waals surface area contributed by atoms with E-state index in [0.717, 1.165) is 12.8 Å². The number of primary amides is 1. The summed E-state index contributed by atoms with van der Waals surface area (Å²) in [5.41, 5.74) is 5.74. The van der Waals surface area contributed by atoms with E-state index in [1.165, 1.54) is 0 Å². The molecule has 6 nitrogen and oxygen atoms in total. The fraction of sp³-hybridized carbons (Fsp3) is 0.615. The summed E-state index contributed by atoms with van der Waals surface area (Å²) in [7, 11) is 0. The normalized spacial score (nSPS) is 12.4. The Morgan fingerprint density at radius 3 is 2.68 bits per heavy atom. The van der Waals surface area contributed by atoms with Crippen molar-refractivity contribution in [2.75, 3.05) is 0 Å². The van der Waals surface area contributed by atoms with E-state index in [1.807, 2.05) is 20.8 Å². The Balaban J connectivity index is 2.76. The third-order valence-electron chi connectivity index (χ3n) is 2.89. The van der Waals surface area contributed by atoms with Gasteiger partial charge < -0.3 is 11.1 Å². The Bertz CT molecular complexity index is 440. The molecule has 6 heteroatoms. The summed E-state index contributed by atoms with van der Waals surface area (Å²) in [5.74, 6) is -0.816. The molecule has 0 aliphatic carbocycles. The first-order valence-corrected chi connectivity index (χ1v) is 6.61. The maximum Gasteiger partial charge on any atom is 0.270 e.